The van der Waals surface area contributed by atoms with Crippen molar-refractivity contribution in [3.05, 3.63) is 0 Å². The van der Waals surface area contributed by atoms with Crippen LogP contribution in [-0.4, -0.2) is 35.2 Å². The van der Waals surface area contributed by atoms with Crippen molar-refractivity contribution < 1.29 is 9.90 Å². The summed E-state index contributed by atoms with van der Waals surface area (Å²) in [5.41, 5.74) is -0.682. The number of carbonyl (C=O) groups is 1. The Labute approximate surface area is 102 Å². The van der Waals surface area contributed by atoms with Crippen LogP contribution >= 0.6 is 11.8 Å². The summed E-state index contributed by atoms with van der Waals surface area (Å²) in [4.78, 5) is 11.4. The Morgan fingerprint density at radius 1 is 1.62 bits per heavy atom. The number of rotatable bonds is 8. The molecule has 0 aliphatic heterocycles. The molecule has 1 fully saturated rings. The lowest BCUT2D eigenvalue weighted by molar-refractivity contribution is -0.144. The highest BCUT2D eigenvalue weighted by molar-refractivity contribution is 7.99. The van der Waals surface area contributed by atoms with Gasteiger partial charge in [-0.25, -0.2) is 0 Å². The Bertz CT molecular complexity index is 243. The second-order valence-electron chi connectivity index (χ2n) is 4.83. The van der Waals surface area contributed by atoms with E-state index in [1.54, 1.807) is 18.8 Å². The summed E-state index contributed by atoms with van der Waals surface area (Å²) in [6.45, 7) is 4.39. The lowest BCUT2D eigenvalue weighted by Gasteiger charge is -2.29. The summed E-state index contributed by atoms with van der Waals surface area (Å²) in [7, 11) is 1.77. The molecule has 0 bridgehead atoms. The number of carboxylic acid groups (broad SMARTS) is 1. The van der Waals surface area contributed by atoms with Crippen molar-refractivity contribution in [2.75, 3.05) is 18.6 Å². The fourth-order valence-corrected chi connectivity index (χ4v) is 3.43. The Morgan fingerprint density at radius 3 is 2.62 bits per heavy atom. The largest absolute Gasteiger partial charge is 0.480 e. The fraction of sp³-hybridized carbons (Fsp3) is 0.917. The summed E-state index contributed by atoms with van der Waals surface area (Å²) in [6, 6.07) is 0. The van der Waals surface area contributed by atoms with Crippen molar-refractivity contribution in [3.63, 3.8) is 0 Å². The molecule has 2 atom stereocenters. The van der Waals surface area contributed by atoms with Gasteiger partial charge >= 0.3 is 5.97 Å². The molecule has 0 saturated heterocycles. The van der Waals surface area contributed by atoms with E-state index in [2.05, 4.69) is 19.2 Å². The van der Waals surface area contributed by atoms with Gasteiger partial charge in [0.2, 0.25) is 0 Å². The Balaban J connectivity index is 2.47. The summed E-state index contributed by atoms with van der Waals surface area (Å²) < 4.78 is 0. The first-order valence-electron chi connectivity index (χ1n) is 6.06. The number of likely N-dealkylation sites (N-methyl/N-ethyl adjacent to an activating group) is 1. The van der Waals surface area contributed by atoms with Crippen molar-refractivity contribution >= 4 is 17.7 Å². The van der Waals surface area contributed by atoms with Gasteiger partial charge in [0.05, 0.1) is 0 Å². The molecule has 0 radical (unpaired) electrons. The summed E-state index contributed by atoms with van der Waals surface area (Å²) in [5.74, 6) is 2.06. The van der Waals surface area contributed by atoms with Crippen molar-refractivity contribution in [2.45, 2.75) is 38.6 Å². The number of thioether (sulfide) groups is 1. The highest BCUT2D eigenvalue weighted by Gasteiger charge is 2.50. The third-order valence-electron chi connectivity index (χ3n) is 3.53. The molecule has 1 aliphatic rings. The smallest absolute Gasteiger partial charge is 0.325 e. The summed E-state index contributed by atoms with van der Waals surface area (Å²) >= 11 is 1.77. The second-order valence-corrected chi connectivity index (χ2v) is 5.86. The van der Waals surface area contributed by atoms with E-state index in [4.69, 9.17) is 0 Å². The molecule has 4 heteroatoms. The molecule has 0 heterocycles. The molecule has 0 spiro atoms. The van der Waals surface area contributed by atoms with Crippen molar-refractivity contribution in [1.82, 2.24) is 5.32 Å². The van der Waals surface area contributed by atoms with Crippen LogP contribution in [0.3, 0.4) is 0 Å². The monoisotopic (exact) mass is 245 g/mol. The third kappa shape index (κ3) is 3.14. The molecule has 2 N–H and O–H groups in total. The van der Waals surface area contributed by atoms with E-state index < -0.39 is 11.5 Å². The normalized spacial score (nSPS) is 21.4. The molecule has 0 aromatic heterocycles. The van der Waals surface area contributed by atoms with Gasteiger partial charge in [-0.2, -0.15) is 11.8 Å². The van der Waals surface area contributed by atoms with E-state index >= 15 is 0 Å². The van der Waals surface area contributed by atoms with Gasteiger partial charge in [0.1, 0.15) is 5.54 Å². The molecule has 16 heavy (non-hydrogen) atoms. The molecule has 1 rings (SSSR count). The topological polar surface area (TPSA) is 49.3 Å². The Morgan fingerprint density at radius 2 is 2.25 bits per heavy atom. The van der Waals surface area contributed by atoms with Gasteiger partial charge in [0.15, 0.2) is 0 Å². The standard InChI is InChI=1S/C12H23NO2S/c1-4-9(2)7-16-8-12(13-3,11(14)15)10-5-6-10/h9-10,13H,4-8H2,1-3H3,(H,14,15). The van der Waals surface area contributed by atoms with Gasteiger partial charge in [0.25, 0.3) is 0 Å². The second kappa shape index (κ2) is 5.92. The van der Waals surface area contributed by atoms with E-state index in [-0.39, 0.29) is 0 Å². The minimum atomic E-state index is -0.686. The first kappa shape index (κ1) is 13.8. The zero-order valence-electron chi connectivity index (χ0n) is 10.5. The first-order valence-corrected chi connectivity index (χ1v) is 7.22. The molecule has 1 aliphatic carbocycles. The molecule has 1 saturated carbocycles. The number of nitrogens with one attached hydrogen (secondary N) is 1. The van der Waals surface area contributed by atoms with Crippen LogP contribution in [-0.2, 0) is 4.79 Å². The van der Waals surface area contributed by atoms with Crippen LogP contribution in [0.2, 0.25) is 0 Å². The van der Waals surface area contributed by atoms with Crippen molar-refractivity contribution in [1.29, 1.82) is 0 Å². The third-order valence-corrected chi connectivity index (χ3v) is 5.00. The maximum atomic E-state index is 11.4. The Kier molecular flexibility index (Phi) is 5.12. The summed E-state index contributed by atoms with van der Waals surface area (Å²) in [6.07, 6.45) is 3.27. The first-order chi connectivity index (χ1) is 7.56. The average molecular weight is 245 g/mol. The SMILES string of the molecule is CCC(C)CSCC(NC)(C(=O)O)C1CC1. The van der Waals surface area contributed by atoms with Crippen molar-refractivity contribution in [3.8, 4) is 0 Å². The lowest BCUT2D eigenvalue weighted by atomic mass is 9.96. The zero-order valence-corrected chi connectivity index (χ0v) is 11.3. The molecular formula is C12H23NO2S. The number of aliphatic carboxylic acids is 1. The molecule has 2 unspecified atom stereocenters. The van der Waals surface area contributed by atoms with Crippen LogP contribution in [0, 0.1) is 11.8 Å². The molecule has 0 aromatic carbocycles. The van der Waals surface area contributed by atoms with Crippen LogP contribution in [0.1, 0.15) is 33.1 Å². The van der Waals surface area contributed by atoms with Crippen molar-refractivity contribution in [2.24, 2.45) is 11.8 Å². The van der Waals surface area contributed by atoms with E-state index in [9.17, 15) is 9.90 Å². The summed E-state index contributed by atoms with van der Waals surface area (Å²) in [5, 5.41) is 12.4. The maximum absolute atomic E-state index is 11.4. The van der Waals surface area contributed by atoms with Crippen LogP contribution in [0.4, 0.5) is 0 Å². The molecular weight excluding hydrogens is 222 g/mol. The maximum Gasteiger partial charge on any atom is 0.325 e. The van der Waals surface area contributed by atoms with Gasteiger partial charge < -0.3 is 10.4 Å². The molecule has 94 valence electrons. The van der Waals surface area contributed by atoms with Gasteiger partial charge in [0, 0.05) is 5.75 Å². The van der Waals surface area contributed by atoms with Crippen LogP contribution in [0.25, 0.3) is 0 Å². The van der Waals surface area contributed by atoms with Gasteiger partial charge in [-0.3, -0.25) is 4.79 Å². The van der Waals surface area contributed by atoms with E-state index in [1.165, 1.54) is 0 Å². The number of hydrogen-bond acceptors (Lipinski definition) is 3. The van der Waals surface area contributed by atoms with E-state index in [0.717, 1.165) is 25.0 Å². The highest BCUT2D eigenvalue weighted by atomic mass is 32.2. The molecule has 0 aromatic rings. The number of carboxylic acids is 1. The van der Waals surface area contributed by atoms with Gasteiger partial charge in [-0.15, -0.1) is 0 Å². The number of hydrogen-bond donors (Lipinski definition) is 2. The van der Waals surface area contributed by atoms with Gasteiger partial charge in [-0.05, 0) is 37.5 Å². The van der Waals surface area contributed by atoms with Crippen LogP contribution < -0.4 is 5.32 Å². The van der Waals surface area contributed by atoms with E-state index in [0.29, 0.717) is 17.6 Å². The average Bonchev–Trinajstić information content (AvgIpc) is 3.08. The van der Waals surface area contributed by atoms with Crippen LogP contribution in [0.15, 0.2) is 0 Å². The predicted molar refractivity (Wildman–Crippen MR) is 68.9 cm³/mol. The quantitative estimate of drug-likeness (QED) is 0.688. The Hall–Kier alpha value is -0.220. The van der Waals surface area contributed by atoms with Crippen LogP contribution in [0.5, 0.6) is 0 Å². The van der Waals surface area contributed by atoms with E-state index in [1.807, 2.05) is 0 Å². The molecule has 0 amide bonds. The highest BCUT2D eigenvalue weighted by Crippen LogP contribution is 2.41. The molecule has 3 nitrogen and oxygen atoms in total. The predicted octanol–water partition coefficient (Wildman–Crippen LogP) is 2.22. The fourth-order valence-electron chi connectivity index (χ4n) is 1.85. The lowest BCUT2D eigenvalue weighted by Crippen LogP contribution is -2.54. The minimum Gasteiger partial charge on any atom is -0.480 e. The van der Waals surface area contributed by atoms with Gasteiger partial charge in [-0.1, -0.05) is 20.3 Å². The zero-order chi connectivity index (χ0) is 12.2. The minimum absolute atomic E-state index is 0.333.